The molecule has 0 radical (unpaired) electrons. The van der Waals surface area contributed by atoms with Crippen LogP contribution in [0.2, 0.25) is 0 Å². The van der Waals surface area contributed by atoms with Crippen molar-refractivity contribution in [3.8, 4) is 0 Å². The summed E-state index contributed by atoms with van der Waals surface area (Å²) in [7, 11) is 0. The van der Waals surface area contributed by atoms with Crippen molar-refractivity contribution < 1.29 is 19.1 Å². The molecule has 4 rings (SSSR count). The van der Waals surface area contributed by atoms with E-state index in [0.717, 1.165) is 11.3 Å². The second kappa shape index (κ2) is 11.7. The summed E-state index contributed by atoms with van der Waals surface area (Å²) in [6, 6.07) is 22.0. The number of piperazine rings is 1. The Morgan fingerprint density at radius 1 is 0.838 bits per heavy atom. The number of nitrogens with one attached hydrogen (secondary N) is 1. The van der Waals surface area contributed by atoms with Crippen molar-refractivity contribution in [1.29, 1.82) is 0 Å². The van der Waals surface area contributed by atoms with Crippen LogP contribution in [0.1, 0.15) is 63.3 Å². The number of hydrogen-bond acceptors (Lipinski definition) is 5. The first-order chi connectivity index (χ1) is 17.9. The lowest BCUT2D eigenvalue weighted by atomic mass is 10.0. The van der Waals surface area contributed by atoms with E-state index in [0.29, 0.717) is 54.5 Å². The van der Waals surface area contributed by atoms with Gasteiger partial charge in [-0.05, 0) is 60.9 Å². The molecule has 0 aliphatic carbocycles. The summed E-state index contributed by atoms with van der Waals surface area (Å²) in [4.78, 5) is 42.4. The zero-order valence-electron chi connectivity index (χ0n) is 21.6. The van der Waals surface area contributed by atoms with E-state index >= 15 is 0 Å². The highest BCUT2D eigenvalue weighted by atomic mass is 16.5. The minimum absolute atomic E-state index is 0.0104. The van der Waals surface area contributed by atoms with Crippen molar-refractivity contribution in [3.05, 3.63) is 95.1 Å². The highest BCUT2D eigenvalue weighted by molar-refractivity contribution is 6.07. The first-order valence-corrected chi connectivity index (χ1v) is 12.7. The fourth-order valence-corrected chi connectivity index (χ4v) is 4.38. The normalized spacial score (nSPS) is 13.4. The topological polar surface area (TPSA) is 79.0 Å². The van der Waals surface area contributed by atoms with Gasteiger partial charge in [0.05, 0.1) is 23.5 Å². The molecule has 37 heavy (non-hydrogen) atoms. The maximum absolute atomic E-state index is 13.1. The van der Waals surface area contributed by atoms with E-state index in [2.05, 4.69) is 24.1 Å². The van der Waals surface area contributed by atoms with Gasteiger partial charge in [0, 0.05) is 37.3 Å². The molecule has 3 aromatic carbocycles. The Kier molecular flexibility index (Phi) is 8.23. The van der Waals surface area contributed by atoms with Gasteiger partial charge >= 0.3 is 5.97 Å². The number of nitrogens with zero attached hydrogens (tertiary/aromatic N) is 2. The number of ether oxygens (including phenoxy) is 1. The summed E-state index contributed by atoms with van der Waals surface area (Å²) in [6.07, 6.45) is 0. The molecule has 0 saturated carbocycles. The maximum Gasteiger partial charge on any atom is 0.338 e. The van der Waals surface area contributed by atoms with E-state index in [-0.39, 0.29) is 18.4 Å². The molecular formula is C30H33N3O4. The van der Waals surface area contributed by atoms with E-state index in [1.807, 2.05) is 65.6 Å². The SMILES string of the molecule is CCOC(=O)c1ccc(N2CCN(C(=O)c3ccccc3)CC2)c(NC(=O)c2ccc(C(C)C)cc2)c1. The van der Waals surface area contributed by atoms with Crippen LogP contribution in [0.3, 0.4) is 0 Å². The Hall–Kier alpha value is -4.13. The Balaban J connectivity index is 1.54. The summed E-state index contributed by atoms with van der Waals surface area (Å²) in [5, 5.41) is 3.00. The van der Waals surface area contributed by atoms with Crippen LogP contribution in [-0.4, -0.2) is 55.5 Å². The number of anilines is 2. The fraction of sp³-hybridized carbons (Fsp3) is 0.300. The molecule has 0 atom stereocenters. The third-order valence-corrected chi connectivity index (χ3v) is 6.52. The van der Waals surface area contributed by atoms with Crippen LogP contribution in [0.5, 0.6) is 0 Å². The average Bonchev–Trinajstić information content (AvgIpc) is 2.93. The zero-order chi connectivity index (χ0) is 26.4. The van der Waals surface area contributed by atoms with E-state index in [4.69, 9.17) is 4.74 Å². The van der Waals surface area contributed by atoms with Gasteiger partial charge in [-0.2, -0.15) is 0 Å². The van der Waals surface area contributed by atoms with E-state index in [1.165, 1.54) is 0 Å². The van der Waals surface area contributed by atoms with Crippen molar-refractivity contribution in [2.24, 2.45) is 0 Å². The van der Waals surface area contributed by atoms with Crippen molar-refractivity contribution >= 4 is 29.2 Å². The molecule has 192 valence electrons. The molecule has 1 saturated heterocycles. The van der Waals surface area contributed by atoms with Crippen LogP contribution in [0.25, 0.3) is 0 Å². The van der Waals surface area contributed by atoms with Crippen LogP contribution in [0.15, 0.2) is 72.8 Å². The number of carbonyl (C=O) groups is 3. The van der Waals surface area contributed by atoms with Crippen LogP contribution < -0.4 is 10.2 Å². The number of carbonyl (C=O) groups excluding carboxylic acids is 3. The van der Waals surface area contributed by atoms with Gasteiger partial charge in [-0.25, -0.2) is 4.79 Å². The summed E-state index contributed by atoms with van der Waals surface area (Å²) in [5.41, 5.74) is 4.07. The molecule has 1 heterocycles. The van der Waals surface area contributed by atoms with Crippen molar-refractivity contribution in [2.75, 3.05) is 43.0 Å². The molecule has 0 bridgehead atoms. The van der Waals surface area contributed by atoms with Gasteiger partial charge < -0.3 is 19.9 Å². The fourth-order valence-electron chi connectivity index (χ4n) is 4.38. The Bertz CT molecular complexity index is 1250. The molecule has 0 spiro atoms. The summed E-state index contributed by atoms with van der Waals surface area (Å²) in [5.74, 6) is -0.312. The van der Waals surface area contributed by atoms with Gasteiger partial charge in [0.1, 0.15) is 0 Å². The largest absolute Gasteiger partial charge is 0.462 e. The Morgan fingerprint density at radius 3 is 2.11 bits per heavy atom. The van der Waals surface area contributed by atoms with Gasteiger partial charge in [0.25, 0.3) is 11.8 Å². The number of hydrogen-bond donors (Lipinski definition) is 1. The molecule has 1 N–H and O–H groups in total. The van der Waals surface area contributed by atoms with Crippen molar-refractivity contribution in [2.45, 2.75) is 26.7 Å². The van der Waals surface area contributed by atoms with Crippen LogP contribution in [0.4, 0.5) is 11.4 Å². The molecule has 7 heteroatoms. The quantitative estimate of drug-likeness (QED) is 0.452. The molecule has 7 nitrogen and oxygen atoms in total. The molecule has 0 unspecified atom stereocenters. The summed E-state index contributed by atoms with van der Waals surface area (Å²) in [6.45, 7) is 8.54. The van der Waals surface area contributed by atoms with Crippen LogP contribution in [0, 0.1) is 0 Å². The smallest absolute Gasteiger partial charge is 0.338 e. The third kappa shape index (κ3) is 6.17. The van der Waals surface area contributed by atoms with Gasteiger partial charge in [-0.1, -0.05) is 44.2 Å². The molecule has 1 aliphatic rings. The predicted molar refractivity (Wildman–Crippen MR) is 145 cm³/mol. The Labute approximate surface area is 218 Å². The number of esters is 1. The predicted octanol–water partition coefficient (Wildman–Crippen LogP) is 5.20. The van der Waals surface area contributed by atoms with Crippen LogP contribution in [-0.2, 0) is 4.74 Å². The summed E-state index contributed by atoms with van der Waals surface area (Å²) < 4.78 is 5.17. The molecule has 0 aromatic heterocycles. The standard InChI is InChI=1S/C30H33N3O4/c1-4-37-30(36)25-14-15-27(26(20-25)31-28(34)23-12-10-22(11-13-23)21(2)3)32-16-18-33(19-17-32)29(35)24-8-6-5-7-9-24/h5-15,20-21H,4,16-19H2,1-3H3,(H,31,34). The summed E-state index contributed by atoms with van der Waals surface area (Å²) >= 11 is 0. The third-order valence-electron chi connectivity index (χ3n) is 6.52. The number of rotatable bonds is 7. The second-order valence-electron chi connectivity index (χ2n) is 9.33. The van der Waals surface area contributed by atoms with Crippen LogP contribution >= 0.6 is 0 Å². The minimum Gasteiger partial charge on any atom is -0.462 e. The highest BCUT2D eigenvalue weighted by Crippen LogP contribution is 2.30. The average molecular weight is 500 g/mol. The molecule has 1 aliphatic heterocycles. The van der Waals surface area contributed by atoms with E-state index < -0.39 is 5.97 Å². The highest BCUT2D eigenvalue weighted by Gasteiger charge is 2.25. The molecular weight excluding hydrogens is 466 g/mol. The van der Waals surface area contributed by atoms with Crippen molar-refractivity contribution in [3.63, 3.8) is 0 Å². The minimum atomic E-state index is -0.441. The molecule has 1 fully saturated rings. The lowest BCUT2D eigenvalue weighted by Gasteiger charge is -2.37. The van der Waals surface area contributed by atoms with Crippen molar-refractivity contribution in [1.82, 2.24) is 4.90 Å². The van der Waals surface area contributed by atoms with Gasteiger partial charge in [-0.3, -0.25) is 9.59 Å². The number of amides is 2. The van der Waals surface area contributed by atoms with Gasteiger partial charge in [-0.15, -0.1) is 0 Å². The monoisotopic (exact) mass is 499 g/mol. The molecule has 3 aromatic rings. The lowest BCUT2D eigenvalue weighted by Crippen LogP contribution is -2.49. The maximum atomic E-state index is 13.1. The Morgan fingerprint density at radius 2 is 1.49 bits per heavy atom. The number of benzene rings is 3. The first kappa shape index (κ1) is 25.9. The van der Waals surface area contributed by atoms with Gasteiger partial charge in [0.2, 0.25) is 0 Å². The first-order valence-electron chi connectivity index (χ1n) is 12.7. The van der Waals surface area contributed by atoms with E-state index in [1.54, 1.807) is 19.1 Å². The van der Waals surface area contributed by atoms with Gasteiger partial charge in [0.15, 0.2) is 0 Å². The van der Waals surface area contributed by atoms with E-state index in [9.17, 15) is 14.4 Å². The lowest BCUT2D eigenvalue weighted by molar-refractivity contribution is 0.0526. The zero-order valence-corrected chi connectivity index (χ0v) is 21.6. The second-order valence-corrected chi connectivity index (χ2v) is 9.33. The molecule has 2 amide bonds.